The van der Waals surface area contributed by atoms with Crippen molar-refractivity contribution in [2.45, 2.75) is 26.9 Å². The maximum Gasteiger partial charge on any atom is 0.433 e. The molecule has 0 aromatic carbocycles. The van der Waals surface area contributed by atoms with E-state index in [4.69, 9.17) is 0 Å². The van der Waals surface area contributed by atoms with E-state index >= 15 is 0 Å². The zero-order chi connectivity index (χ0) is 13.2. The van der Waals surface area contributed by atoms with Crippen LogP contribution in [0.15, 0.2) is 10.7 Å². The summed E-state index contributed by atoms with van der Waals surface area (Å²) in [5.41, 5.74) is 0.0606. The first kappa shape index (κ1) is 14.0. The second kappa shape index (κ2) is 5.03. The summed E-state index contributed by atoms with van der Waals surface area (Å²) in [5, 5.41) is 6.87. The third kappa shape index (κ3) is 2.77. The number of fused-ring (bicyclic) bond motifs is 1. The molecule has 0 aliphatic carbocycles. The minimum absolute atomic E-state index is 0.0941. The summed E-state index contributed by atoms with van der Waals surface area (Å²) in [6, 6.07) is 0.985. The van der Waals surface area contributed by atoms with E-state index in [0.717, 1.165) is 6.07 Å². The highest BCUT2D eigenvalue weighted by Gasteiger charge is 2.33. The summed E-state index contributed by atoms with van der Waals surface area (Å²) in [6.07, 6.45) is -4.44. The van der Waals surface area contributed by atoms with Crippen LogP contribution < -0.4 is 0 Å². The van der Waals surface area contributed by atoms with Crippen LogP contribution in [0.25, 0.3) is 10.9 Å². The minimum Gasteiger partial charge on any atom is -0.282 e. The van der Waals surface area contributed by atoms with Gasteiger partial charge < -0.3 is 0 Å². The van der Waals surface area contributed by atoms with E-state index in [9.17, 15) is 13.2 Å². The zero-order valence-electron chi connectivity index (χ0n) is 9.48. The van der Waals surface area contributed by atoms with Gasteiger partial charge in [-0.25, -0.2) is 4.98 Å². The van der Waals surface area contributed by atoms with Gasteiger partial charge in [-0.2, -0.15) is 18.3 Å². The Morgan fingerprint density at radius 2 is 1.88 bits per heavy atom. The number of aromatic amines is 1. The highest BCUT2D eigenvalue weighted by molar-refractivity contribution is 9.10. The van der Waals surface area contributed by atoms with Crippen molar-refractivity contribution in [2.75, 3.05) is 0 Å². The molecular formula is C10H11BrF3N3. The lowest BCUT2D eigenvalue weighted by Crippen LogP contribution is -2.07. The standard InChI is InChI=1S/C8H5BrF3N3.C2H6/c1-3-4-2-5(8(10,11)12)13-7(9)6(4)15-14-3;1-2/h2H,1H3,(H,14,15);1-2H3. The van der Waals surface area contributed by atoms with Gasteiger partial charge in [-0.3, -0.25) is 5.10 Å². The van der Waals surface area contributed by atoms with E-state index in [0.29, 0.717) is 16.6 Å². The quantitative estimate of drug-likeness (QED) is 0.745. The Labute approximate surface area is 105 Å². The number of hydrogen-bond donors (Lipinski definition) is 1. The number of rotatable bonds is 0. The third-order valence-corrected chi connectivity index (χ3v) is 2.53. The van der Waals surface area contributed by atoms with Crippen LogP contribution in [0, 0.1) is 6.92 Å². The molecule has 0 saturated carbocycles. The van der Waals surface area contributed by atoms with Crippen molar-refractivity contribution in [3.8, 4) is 0 Å². The number of aryl methyl sites for hydroxylation is 1. The maximum atomic E-state index is 12.4. The van der Waals surface area contributed by atoms with E-state index in [1.165, 1.54) is 0 Å². The fourth-order valence-electron chi connectivity index (χ4n) is 1.24. The van der Waals surface area contributed by atoms with E-state index in [2.05, 4.69) is 31.1 Å². The van der Waals surface area contributed by atoms with Crippen molar-refractivity contribution in [1.82, 2.24) is 15.2 Å². The number of nitrogens with zero attached hydrogens (tertiary/aromatic N) is 2. The molecular weight excluding hydrogens is 299 g/mol. The maximum absolute atomic E-state index is 12.4. The van der Waals surface area contributed by atoms with Gasteiger partial charge in [0, 0.05) is 11.1 Å². The van der Waals surface area contributed by atoms with Crippen molar-refractivity contribution < 1.29 is 13.2 Å². The van der Waals surface area contributed by atoms with Crippen LogP contribution in [0.4, 0.5) is 13.2 Å². The molecule has 0 aliphatic rings. The highest BCUT2D eigenvalue weighted by atomic mass is 79.9. The first-order valence-corrected chi connectivity index (χ1v) is 5.77. The van der Waals surface area contributed by atoms with E-state index < -0.39 is 11.9 Å². The lowest BCUT2D eigenvalue weighted by molar-refractivity contribution is -0.141. The van der Waals surface area contributed by atoms with Crippen LogP contribution in [-0.2, 0) is 6.18 Å². The number of pyridine rings is 1. The van der Waals surface area contributed by atoms with Crippen LogP contribution in [0.5, 0.6) is 0 Å². The number of aromatic nitrogens is 3. The Bertz CT molecular complexity index is 519. The van der Waals surface area contributed by atoms with E-state index in [1.54, 1.807) is 6.92 Å². The van der Waals surface area contributed by atoms with E-state index in [1.807, 2.05) is 13.8 Å². The van der Waals surface area contributed by atoms with E-state index in [-0.39, 0.29) is 4.60 Å². The molecule has 0 spiro atoms. The molecule has 0 bridgehead atoms. The first-order chi connectivity index (χ1) is 7.89. The second-order valence-corrected chi connectivity index (χ2v) is 3.79. The lowest BCUT2D eigenvalue weighted by Gasteiger charge is -2.05. The number of alkyl halides is 3. The summed E-state index contributed by atoms with van der Waals surface area (Å²) in [4.78, 5) is 3.40. The molecule has 0 amide bonds. The SMILES string of the molecule is CC.Cc1[nH]nc2c(Br)nc(C(F)(F)F)cc12. The Morgan fingerprint density at radius 3 is 2.41 bits per heavy atom. The van der Waals surface area contributed by atoms with Gasteiger partial charge in [-0.1, -0.05) is 13.8 Å². The molecule has 2 rings (SSSR count). The normalized spacial score (nSPS) is 11.2. The predicted molar refractivity (Wildman–Crippen MR) is 62.7 cm³/mol. The smallest absolute Gasteiger partial charge is 0.282 e. The molecule has 0 aliphatic heterocycles. The Balaban J connectivity index is 0.000000686. The monoisotopic (exact) mass is 309 g/mol. The fraction of sp³-hybridized carbons (Fsp3) is 0.400. The topological polar surface area (TPSA) is 41.6 Å². The number of halogens is 4. The van der Waals surface area contributed by atoms with Gasteiger partial charge in [0.2, 0.25) is 0 Å². The Hall–Kier alpha value is -1.11. The number of hydrogen-bond acceptors (Lipinski definition) is 2. The molecule has 94 valence electrons. The van der Waals surface area contributed by atoms with Gasteiger partial charge in [0.15, 0.2) is 0 Å². The number of H-pyrrole nitrogens is 1. The van der Waals surface area contributed by atoms with Crippen LogP contribution in [-0.4, -0.2) is 15.2 Å². The number of nitrogens with one attached hydrogen (secondary N) is 1. The molecule has 0 saturated heterocycles. The molecule has 2 aromatic heterocycles. The molecule has 7 heteroatoms. The first-order valence-electron chi connectivity index (χ1n) is 4.98. The van der Waals surface area contributed by atoms with Crippen molar-refractivity contribution in [3.63, 3.8) is 0 Å². The average Bonchev–Trinajstić information content (AvgIpc) is 2.63. The molecule has 2 aromatic rings. The summed E-state index contributed by atoms with van der Waals surface area (Å²) < 4.78 is 37.4. The lowest BCUT2D eigenvalue weighted by atomic mass is 10.2. The minimum atomic E-state index is -4.44. The molecule has 3 nitrogen and oxygen atoms in total. The van der Waals surface area contributed by atoms with Crippen LogP contribution in [0.1, 0.15) is 25.2 Å². The summed E-state index contributed by atoms with van der Waals surface area (Å²) in [6.45, 7) is 5.65. The second-order valence-electron chi connectivity index (χ2n) is 3.04. The Kier molecular flexibility index (Phi) is 4.13. The van der Waals surface area contributed by atoms with Gasteiger partial charge in [0.25, 0.3) is 0 Å². The molecule has 0 fully saturated rings. The summed E-state index contributed by atoms with van der Waals surface area (Å²) in [5.74, 6) is 0. The fourth-order valence-corrected chi connectivity index (χ4v) is 1.74. The summed E-state index contributed by atoms with van der Waals surface area (Å²) in [7, 11) is 0. The van der Waals surface area contributed by atoms with Crippen LogP contribution in [0.3, 0.4) is 0 Å². The van der Waals surface area contributed by atoms with Crippen molar-refractivity contribution >= 4 is 26.8 Å². The molecule has 0 radical (unpaired) electrons. The third-order valence-electron chi connectivity index (χ3n) is 1.98. The molecule has 1 N–H and O–H groups in total. The molecule has 0 atom stereocenters. The van der Waals surface area contributed by atoms with Crippen LogP contribution >= 0.6 is 15.9 Å². The van der Waals surface area contributed by atoms with Gasteiger partial charge in [-0.15, -0.1) is 0 Å². The average molecular weight is 310 g/mol. The van der Waals surface area contributed by atoms with Crippen LogP contribution in [0.2, 0.25) is 0 Å². The van der Waals surface area contributed by atoms with Crippen molar-refractivity contribution in [3.05, 3.63) is 22.1 Å². The van der Waals surface area contributed by atoms with Crippen molar-refractivity contribution in [2.24, 2.45) is 0 Å². The summed E-state index contributed by atoms with van der Waals surface area (Å²) >= 11 is 2.96. The predicted octanol–water partition coefficient (Wildman–Crippen LogP) is 4.07. The largest absolute Gasteiger partial charge is 0.433 e. The molecule has 17 heavy (non-hydrogen) atoms. The molecule has 0 unspecified atom stereocenters. The molecule has 2 heterocycles. The highest BCUT2D eigenvalue weighted by Crippen LogP contribution is 2.32. The van der Waals surface area contributed by atoms with Gasteiger partial charge in [0.1, 0.15) is 15.8 Å². The van der Waals surface area contributed by atoms with Gasteiger partial charge >= 0.3 is 6.18 Å². The van der Waals surface area contributed by atoms with Crippen molar-refractivity contribution in [1.29, 1.82) is 0 Å². The van der Waals surface area contributed by atoms with Gasteiger partial charge in [-0.05, 0) is 28.9 Å². The zero-order valence-corrected chi connectivity index (χ0v) is 11.1. The Morgan fingerprint density at radius 1 is 1.29 bits per heavy atom. The van der Waals surface area contributed by atoms with Gasteiger partial charge in [0.05, 0.1) is 0 Å².